The molecule has 1 atom stereocenters. The first-order chi connectivity index (χ1) is 9.61. The molecule has 1 spiro atoms. The van der Waals surface area contributed by atoms with Crippen LogP contribution in [-0.2, 0) is 9.53 Å². The lowest BCUT2D eigenvalue weighted by molar-refractivity contribution is -0.124. The molecule has 1 amide bonds. The van der Waals surface area contributed by atoms with Crippen molar-refractivity contribution in [3.8, 4) is 0 Å². The summed E-state index contributed by atoms with van der Waals surface area (Å²) in [5.74, 6) is 0.419. The summed E-state index contributed by atoms with van der Waals surface area (Å²) in [6.07, 6.45) is 5.86. The molecular weight excluding hydrogens is 254 g/mol. The second kappa shape index (κ2) is 6.44. The number of hydrogen-bond donors (Lipinski definition) is 2. The van der Waals surface area contributed by atoms with Crippen LogP contribution in [0, 0.1) is 16.7 Å². The topological polar surface area (TPSA) is 58.6 Å². The summed E-state index contributed by atoms with van der Waals surface area (Å²) in [4.78, 5) is 12.3. The Morgan fingerprint density at radius 3 is 2.55 bits per heavy atom. The number of carbonyl (C=O) groups excluding carboxylic acids is 1. The van der Waals surface area contributed by atoms with E-state index in [4.69, 9.17) is 4.74 Å². The monoisotopic (exact) mass is 283 g/mol. The van der Waals surface area contributed by atoms with E-state index in [0.29, 0.717) is 6.54 Å². The Kier molecular flexibility index (Phi) is 5.08. The van der Waals surface area contributed by atoms with Crippen molar-refractivity contribution >= 4 is 5.91 Å². The molecule has 20 heavy (non-hydrogen) atoms. The first kappa shape index (κ1) is 15.8. The van der Waals surface area contributed by atoms with Crippen LogP contribution in [0.5, 0.6) is 0 Å². The third kappa shape index (κ3) is 3.17. The molecule has 1 unspecified atom stereocenters. The van der Waals surface area contributed by atoms with E-state index < -0.39 is 0 Å². The zero-order valence-electron chi connectivity index (χ0n) is 12.9. The van der Waals surface area contributed by atoms with Crippen molar-refractivity contribution in [2.75, 3.05) is 26.4 Å². The summed E-state index contributed by atoms with van der Waals surface area (Å²) in [7, 11) is 0. The molecule has 2 fully saturated rings. The third-order valence-corrected chi connectivity index (χ3v) is 5.77. The summed E-state index contributed by atoms with van der Waals surface area (Å²) >= 11 is 0. The first-order valence-corrected chi connectivity index (χ1v) is 8.08. The van der Waals surface area contributed by atoms with Gasteiger partial charge in [-0.3, -0.25) is 4.79 Å². The molecule has 2 N–H and O–H groups in total. The molecular formula is C16H29NO3. The number of carbonyl (C=O) groups is 1. The highest BCUT2D eigenvalue weighted by atomic mass is 16.5. The summed E-state index contributed by atoms with van der Waals surface area (Å²) < 4.78 is 5.39. The van der Waals surface area contributed by atoms with Gasteiger partial charge in [0.2, 0.25) is 5.91 Å². The van der Waals surface area contributed by atoms with Crippen LogP contribution in [0.4, 0.5) is 0 Å². The van der Waals surface area contributed by atoms with Crippen LogP contribution in [0.1, 0.15) is 52.4 Å². The molecule has 0 aromatic carbocycles. The Balaban J connectivity index is 1.83. The molecule has 0 radical (unpaired) electrons. The Morgan fingerprint density at radius 2 is 2.00 bits per heavy atom. The molecule has 0 bridgehead atoms. The summed E-state index contributed by atoms with van der Waals surface area (Å²) in [5.41, 5.74) is 0.308. The van der Waals surface area contributed by atoms with E-state index >= 15 is 0 Å². The zero-order valence-corrected chi connectivity index (χ0v) is 12.9. The number of rotatable bonds is 7. The minimum atomic E-state index is 0.0577. The van der Waals surface area contributed by atoms with Gasteiger partial charge in [-0.25, -0.2) is 0 Å². The van der Waals surface area contributed by atoms with Crippen molar-refractivity contribution in [2.24, 2.45) is 16.7 Å². The summed E-state index contributed by atoms with van der Waals surface area (Å²) in [5, 5.41) is 12.4. The maximum absolute atomic E-state index is 12.3. The number of aliphatic hydroxyl groups excluding tert-OH is 1. The van der Waals surface area contributed by atoms with Gasteiger partial charge in [0.25, 0.3) is 0 Å². The number of ether oxygens (including phenoxy) is 1. The number of nitrogens with one attached hydrogen (secondary N) is 1. The van der Waals surface area contributed by atoms with Gasteiger partial charge in [0.1, 0.15) is 0 Å². The standard InChI is InChI=1S/C16H29NO3/c1-3-15(4-2,5-8-18)12-17-14(19)13-11-16(13)6-9-20-10-7-16/h13,18H,3-12H2,1-2H3,(H,17,19). The maximum atomic E-state index is 12.3. The third-order valence-electron chi connectivity index (χ3n) is 5.77. The number of amides is 1. The van der Waals surface area contributed by atoms with Gasteiger partial charge in [0.15, 0.2) is 0 Å². The lowest BCUT2D eigenvalue weighted by Gasteiger charge is -2.31. The van der Waals surface area contributed by atoms with Gasteiger partial charge in [0.05, 0.1) is 0 Å². The Bertz CT molecular complexity index is 333. The largest absolute Gasteiger partial charge is 0.396 e. The van der Waals surface area contributed by atoms with Crippen LogP contribution < -0.4 is 5.32 Å². The van der Waals surface area contributed by atoms with Crippen LogP contribution in [0.25, 0.3) is 0 Å². The average Bonchev–Trinajstić information content (AvgIpc) is 3.17. The van der Waals surface area contributed by atoms with E-state index in [2.05, 4.69) is 19.2 Å². The van der Waals surface area contributed by atoms with E-state index in [0.717, 1.165) is 51.7 Å². The molecule has 2 rings (SSSR count). The van der Waals surface area contributed by atoms with Crippen LogP contribution in [0.15, 0.2) is 0 Å². The van der Waals surface area contributed by atoms with Crippen molar-refractivity contribution in [2.45, 2.75) is 52.4 Å². The van der Waals surface area contributed by atoms with E-state index in [-0.39, 0.29) is 29.3 Å². The Hall–Kier alpha value is -0.610. The molecule has 4 nitrogen and oxygen atoms in total. The molecule has 1 heterocycles. The van der Waals surface area contributed by atoms with Gasteiger partial charge in [-0.2, -0.15) is 0 Å². The van der Waals surface area contributed by atoms with Crippen molar-refractivity contribution in [1.29, 1.82) is 0 Å². The van der Waals surface area contributed by atoms with Crippen LogP contribution >= 0.6 is 0 Å². The van der Waals surface area contributed by atoms with Crippen LogP contribution in [0.2, 0.25) is 0 Å². The quantitative estimate of drug-likeness (QED) is 0.752. The van der Waals surface area contributed by atoms with Gasteiger partial charge >= 0.3 is 0 Å². The molecule has 0 aromatic heterocycles. The second-order valence-electron chi connectivity index (χ2n) is 6.63. The molecule has 2 aliphatic rings. The minimum absolute atomic E-state index is 0.0577. The van der Waals surface area contributed by atoms with Crippen LogP contribution in [0.3, 0.4) is 0 Å². The number of hydrogen-bond acceptors (Lipinski definition) is 3. The van der Waals surface area contributed by atoms with Gasteiger partial charge in [0, 0.05) is 32.3 Å². The molecule has 0 aromatic rings. The van der Waals surface area contributed by atoms with Gasteiger partial charge in [-0.15, -0.1) is 0 Å². The van der Waals surface area contributed by atoms with E-state index in [9.17, 15) is 9.90 Å². The lowest BCUT2D eigenvalue weighted by Crippen LogP contribution is -2.39. The highest BCUT2D eigenvalue weighted by Crippen LogP contribution is 2.59. The molecule has 1 saturated heterocycles. The van der Waals surface area contributed by atoms with Crippen LogP contribution in [-0.4, -0.2) is 37.4 Å². The first-order valence-electron chi connectivity index (χ1n) is 8.08. The Labute approximate surface area is 122 Å². The highest BCUT2D eigenvalue weighted by molar-refractivity contribution is 5.82. The smallest absolute Gasteiger partial charge is 0.223 e. The molecule has 1 aliphatic heterocycles. The average molecular weight is 283 g/mol. The summed E-state index contributed by atoms with van der Waals surface area (Å²) in [6, 6.07) is 0. The van der Waals surface area contributed by atoms with Gasteiger partial charge < -0.3 is 15.2 Å². The van der Waals surface area contributed by atoms with Crippen molar-refractivity contribution in [3.05, 3.63) is 0 Å². The van der Waals surface area contributed by atoms with Gasteiger partial charge in [-0.05, 0) is 49.4 Å². The molecule has 116 valence electrons. The fourth-order valence-corrected chi connectivity index (χ4v) is 3.63. The lowest BCUT2D eigenvalue weighted by atomic mass is 9.79. The molecule has 4 heteroatoms. The van der Waals surface area contributed by atoms with E-state index in [1.807, 2.05) is 0 Å². The fraction of sp³-hybridized carbons (Fsp3) is 0.938. The number of aliphatic hydroxyl groups is 1. The van der Waals surface area contributed by atoms with Crippen molar-refractivity contribution in [1.82, 2.24) is 5.32 Å². The normalized spacial score (nSPS) is 24.6. The fourth-order valence-electron chi connectivity index (χ4n) is 3.63. The summed E-state index contributed by atoms with van der Waals surface area (Å²) in [6.45, 7) is 6.79. The predicted octanol–water partition coefficient (Wildman–Crippen LogP) is 2.11. The zero-order chi connectivity index (χ0) is 14.6. The van der Waals surface area contributed by atoms with E-state index in [1.54, 1.807) is 0 Å². The van der Waals surface area contributed by atoms with Crippen molar-refractivity contribution in [3.63, 3.8) is 0 Å². The Morgan fingerprint density at radius 1 is 1.35 bits per heavy atom. The molecule has 1 saturated carbocycles. The maximum Gasteiger partial charge on any atom is 0.223 e. The highest BCUT2D eigenvalue weighted by Gasteiger charge is 2.58. The SMILES string of the molecule is CCC(CC)(CCO)CNC(=O)C1CC12CCOCC2. The minimum Gasteiger partial charge on any atom is -0.396 e. The van der Waals surface area contributed by atoms with Gasteiger partial charge in [-0.1, -0.05) is 13.8 Å². The second-order valence-corrected chi connectivity index (χ2v) is 6.63. The predicted molar refractivity (Wildman–Crippen MR) is 78.3 cm³/mol. The molecule has 1 aliphatic carbocycles. The van der Waals surface area contributed by atoms with Crippen molar-refractivity contribution < 1.29 is 14.6 Å². The van der Waals surface area contributed by atoms with E-state index in [1.165, 1.54) is 0 Å².